The van der Waals surface area contributed by atoms with E-state index < -0.39 is 5.82 Å². The summed E-state index contributed by atoms with van der Waals surface area (Å²) in [5.74, 6) is 2.31. The Morgan fingerprint density at radius 2 is 1.85 bits per heavy atom. The summed E-state index contributed by atoms with van der Waals surface area (Å²) in [7, 11) is 1.58. The molecule has 1 amide bonds. The Hall–Kier alpha value is -4.47. The van der Waals surface area contributed by atoms with Crippen molar-refractivity contribution in [1.82, 2.24) is 25.5 Å². The van der Waals surface area contributed by atoms with Gasteiger partial charge in [0.25, 0.3) is 5.91 Å². The Kier molecular flexibility index (Phi) is 7.80. The van der Waals surface area contributed by atoms with Crippen molar-refractivity contribution in [2.75, 3.05) is 38.3 Å². The van der Waals surface area contributed by atoms with Gasteiger partial charge in [-0.1, -0.05) is 18.2 Å². The quantitative estimate of drug-likeness (QED) is 0.279. The molecule has 0 radical (unpaired) electrons. The zero-order valence-electron chi connectivity index (χ0n) is 23.0. The first-order chi connectivity index (χ1) is 20.1. The second-order valence-electron chi connectivity index (χ2n) is 10.7. The third kappa shape index (κ3) is 6.48. The summed E-state index contributed by atoms with van der Waals surface area (Å²) in [6.07, 6.45) is 6.95. The number of carbonyl (C=O) groups is 1. The Morgan fingerprint density at radius 3 is 2.61 bits per heavy atom. The lowest BCUT2D eigenvalue weighted by Gasteiger charge is -2.33. The normalized spacial score (nSPS) is 15.5. The van der Waals surface area contributed by atoms with Crippen LogP contribution in [0.25, 0.3) is 22.6 Å². The molecular weight excluding hydrogens is 523 g/mol. The van der Waals surface area contributed by atoms with Crippen LogP contribution in [0.5, 0.6) is 11.5 Å². The largest absolute Gasteiger partial charge is 0.497 e. The highest BCUT2D eigenvalue weighted by molar-refractivity contribution is 5.95. The number of piperidine rings is 1. The zero-order chi connectivity index (χ0) is 28.2. The van der Waals surface area contributed by atoms with Gasteiger partial charge < -0.3 is 19.7 Å². The van der Waals surface area contributed by atoms with Crippen LogP contribution in [-0.2, 0) is 0 Å². The van der Waals surface area contributed by atoms with Crippen LogP contribution in [-0.4, -0.2) is 59.4 Å². The second-order valence-corrected chi connectivity index (χ2v) is 10.7. The molecular formula is C31H33FN6O3. The first-order valence-corrected chi connectivity index (χ1v) is 14.0. The van der Waals surface area contributed by atoms with Gasteiger partial charge in [0, 0.05) is 48.6 Å². The maximum Gasteiger partial charge on any atom is 0.251 e. The van der Waals surface area contributed by atoms with Crippen molar-refractivity contribution in [3.8, 4) is 34.1 Å². The van der Waals surface area contributed by atoms with E-state index in [1.54, 1.807) is 25.4 Å². The van der Waals surface area contributed by atoms with E-state index in [9.17, 15) is 9.18 Å². The molecule has 2 aromatic carbocycles. The summed E-state index contributed by atoms with van der Waals surface area (Å²) < 4.78 is 26.1. The molecule has 0 bridgehead atoms. The van der Waals surface area contributed by atoms with Crippen molar-refractivity contribution in [3.05, 3.63) is 72.3 Å². The molecule has 0 atom stereocenters. The number of hydrogen-bond donors (Lipinski definition) is 2. The topological polar surface area (TPSA) is 105 Å². The van der Waals surface area contributed by atoms with Crippen LogP contribution >= 0.6 is 0 Å². The van der Waals surface area contributed by atoms with Gasteiger partial charge in [-0.05, 0) is 61.8 Å². The smallest absolute Gasteiger partial charge is 0.251 e. The average molecular weight is 557 g/mol. The Balaban J connectivity index is 1.06. The van der Waals surface area contributed by atoms with Gasteiger partial charge in [0.15, 0.2) is 17.5 Å². The van der Waals surface area contributed by atoms with Gasteiger partial charge in [0.2, 0.25) is 0 Å². The number of aromatic nitrogens is 4. The maximum atomic E-state index is 14.9. The van der Waals surface area contributed by atoms with Crippen LogP contribution in [0.4, 0.5) is 10.2 Å². The van der Waals surface area contributed by atoms with Gasteiger partial charge in [0.05, 0.1) is 25.6 Å². The fraction of sp³-hybridized carbons (Fsp3) is 0.355. The number of H-pyrrole nitrogens is 1. The number of rotatable bonds is 10. The second kappa shape index (κ2) is 12.0. The van der Waals surface area contributed by atoms with Crippen molar-refractivity contribution >= 4 is 11.7 Å². The average Bonchev–Trinajstić information content (AvgIpc) is 3.69. The fourth-order valence-corrected chi connectivity index (χ4v) is 5.05. The molecule has 41 heavy (non-hydrogen) atoms. The Bertz CT molecular complexity index is 1500. The minimum Gasteiger partial charge on any atom is -0.497 e. The first kappa shape index (κ1) is 26.7. The molecule has 3 heterocycles. The zero-order valence-corrected chi connectivity index (χ0v) is 23.0. The lowest BCUT2D eigenvalue weighted by molar-refractivity contribution is 0.0944. The molecule has 4 aromatic rings. The molecule has 2 N–H and O–H groups in total. The van der Waals surface area contributed by atoms with Gasteiger partial charge in [-0.2, -0.15) is 5.10 Å². The van der Waals surface area contributed by atoms with Crippen LogP contribution < -0.4 is 19.7 Å². The third-order valence-electron chi connectivity index (χ3n) is 7.68. The molecule has 1 saturated heterocycles. The van der Waals surface area contributed by atoms with Crippen molar-refractivity contribution in [1.29, 1.82) is 0 Å². The number of nitrogens with one attached hydrogen (secondary N) is 2. The molecule has 0 unspecified atom stereocenters. The number of anilines is 1. The van der Waals surface area contributed by atoms with Gasteiger partial charge in [0.1, 0.15) is 11.5 Å². The molecule has 1 aliphatic carbocycles. The van der Waals surface area contributed by atoms with Crippen LogP contribution in [0.2, 0.25) is 0 Å². The van der Waals surface area contributed by atoms with E-state index in [2.05, 4.69) is 25.5 Å². The van der Waals surface area contributed by atoms with E-state index in [0.717, 1.165) is 29.7 Å². The highest BCUT2D eigenvalue weighted by Crippen LogP contribution is 2.31. The van der Waals surface area contributed by atoms with E-state index in [4.69, 9.17) is 9.47 Å². The molecule has 0 spiro atoms. The lowest BCUT2D eigenvalue weighted by atomic mass is 9.96. The number of methoxy groups -OCH3 is 1. The summed E-state index contributed by atoms with van der Waals surface area (Å²) in [5, 5.41) is 10.0. The van der Waals surface area contributed by atoms with Crippen LogP contribution in [0.15, 0.2) is 60.9 Å². The number of carbonyl (C=O) groups excluding carboxylic acids is 1. The van der Waals surface area contributed by atoms with Crippen molar-refractivity contribution in [2.24, 2.45) is 11.8 Å². The highest BCUT2D eigenvalue weighted by atomic mass is 19.1. The summed E-state index contributed by atoms with van der Waals surface area (Å²) in [6, 6.07) is 15.0. The van der Waals surface area contributed by atoms with Gasteiger partial charge in [-0.15, -0.1) is 0 Å². The maximum absolute atomic E-state index is 14.9. The number of amides is 1. The minimum atomic E-state index is -0.442. The lowest BCUT2D eigenvalue weighted by Crippen LogP contribution is -2.39. The molecule has 9 nitrogen and oxygen atoms in total. The predicted molar refractivity (Wildman–Crippen MR) is 153 cm³/mol. The van der Waals surface area contributed by atoms with E-state index in [0.29, 0.717) is 60.9 Å². The van der Waals surface area contributed by atoms with Gasteiger partial charge in [-0.3, -0.25) is 9.89 Å². The highest BCUT2D eigenvalue weighted by Gasteiger charge is 2.25. The summed E-state index contributed by atoms with van der Waals surface area (Å²) in [5.41, 5.74) is 3.15. The molecule has 6 rings (SSSR count). The molecule has 2 fully saturated rings. The number of benzene rings is 2. The molecule has 10 heteroatoms. The van der Waals surface area contributed by atoms with Crippen LogP contribution in [0.1, 0.15) is 36.0 Å². The van der Waals surface area contributed by atoms with Crippen molar-refractivity contribution in [2.45, 2.75) is 25.7 Å². The molecule has 2 aromatic heterocycles. The third-order valence-corrected chi connectivity index (χ3v) is 7.68. The van der Waals surface area contributed by atoms with Gasteiger partial charge in [-0.25, -0.2) is 14.4 Å². The Morgan fingerprint density at radius 1 is 1.05 bits per heavy atom. The number of hydrogen-bond acceptors (Lipinski definition) is 7. The first-order valence-electron chi connectivity index (χ1n) is 14.0. The number of nitrogens with zero attached hydrogens (tertiary/aromatic N) is 4. The van der Waals surface area contributed by atoms with E-state index in [1.165, 1.54) is 19.0 Å². The monoisotopic (exact) mass is 556 g/mol. The van der Waals surface area contributed by atoms with Crippen LogP contribution in [0, 0.1) is 17.7 Å². The van der Waals surface area contributed by atoms with Crippen molar-refractivity contribution < 1.29 is 18.7 Å². The summed E-state index contributed by atoms with van der Waals surface area (Å²) in [6.45, 7) is 2.49. The van der Waals surface area contributed by atoms with Crippen molar-refractivity contribution in [3.63, 3.8) is 0 Å². The number of ether oxygens (including phenoxy) is 2. The predicted octanol–water partition coefficient (Wildman–Crippen LogP) is 5.12. The Labute approximate surface area is 238 Å². The van der Waals surface area contributed by atoms with E-state index in [-0.39, 0.29) is 11.8 Å². The van der Waals surface area contributed by atoms with Crippen LogP contribution in [0.3, 0.4) is 0 Å². The molecule has 2 aliphatic rings. The standard InChI is InChI=1S/C31H33FN6O3/c1-40-25-14-24(15-26(16-25)41-19-21-5-6-21)31(39)34-17-20-8-11-38(12-9-20)30-27(32)18-33-29(36-30)23-4-2-3-22(13-23)28-7-10-35-37-28/h2-4,7,10,13-16,18,20-21H,5-6,8-9,11-12,17,19H2,1H3,(H,34,39)(H,35,37). The van der Waals surface area contributed by atoms with E-state index >= 15 is 0 Å². The summed E-state index contributed by atoms with van der Waals surface area (Å²) in [4.78, 5) is 23.8. The minimum absolute atomic E-state index is 0.161. The fourth-order valence-electron chi connectivity index (χ4n) is 5.05. The SMILES string of the molecule is COc1cc(OCC2CC2)cc(C(=O)NCC2CCN(c3nc(-c4cccc(-c5ccn[nH]5)c4)ncc3F)CC2)c1. The molecule has 1 saturated carbocycles. The molecule has 212 valence electrons. The van der Waals surface area contributed by atoms with E-state index in [1.807, 2.05) is 41.3 Å². The van der Waals surface area contributed by atoms with Gasteiger partial charge >= 0.3 is 0 Å². The number of aromatic amines is 1. The molecule has 1 aliphatic heterocycles. The number of halogens is 1. The summed E-state index contributed by atoms with van der Waals surface area (Å²) >= 11 is 0.